The van der Waals surface area contributed by atoms with Gasteiger partial charge in [0.1, 0.15) is 5.82 Å². The first-order chi connectivity index (χ1) is 11.4. The lowest BCUT2D eigenvalue weighted by Crippen LogP contribution is -2.33. The number of nitrogens with zero attached hydrogens (tertiary/aromatic N) is 4. The van der Waals surface area contributed by atoms with Gasteiger partial charge < -0.3 is 10.6 Å². The van der Waals surface area contributed by atoms with E-state index >= 15 is 0 Å². The Balaban J connectivity index is 1.78. The molecule has 2 aromatic heterocycles. The van der Waals surface area contributed by atoms with Gasteiger partial charge in [-0.3, -0.25) is 0 Å². The Bertz CT molecular complexity index is 690. The van der Waals surface area contributed by atoms with E-state index < -0.39 is 0 Å². The third-order valence-corrected chi connectivity index (χ3v) is 5.08. The van der Waals surface area contributed by atoms with Crippen molar-refractivity contribution in [2.24, 2.45) is 0 Å². The molecule has 2 N–H and O–H groups in total. The van der Waals surface area contributed by atoms with Gasteiger partial charge in [-0.05, 0) is 38.9 Å². The predicted molar refractivity (Wildman–Crippen MR) is 99.4 cm³/mol. The van der Waals surface area contributed by atoms with Gasteiger partial charge in [-0.15, -0.1) is 0 Å². The van der Waals surface area contributed by atoms with Crippen LogP contribution in [0.5, 0.6) is 0 Å². The lowest BCUT2D eigenvalue weighted by Gasteiger charge is -2.31. The van der Waals surface area contributed by atoms with Crippen LogP contribution in [0.25, 0.3) is 5.65 Å². The maximum absolute atomic E-state index is 6.26. The highest BCUT2D eigenvalue weighted by Crippen LogP contribution is 2.29. The number of nitrogens with two attached hydrogens (primary N) is 1. The van der Waals surface area contributed by atoms with Crippen LogP contribution in [0.3, 0.4) is 0 Å². The van der Waals surface area contributed by atoms with Gasteiger partial charge in [0.05, 0.1) is 5.69 Å². The number of unbranched alkanes of at least 4 members (excludes halogenated alkanes) is 1. The van der Waals surface area contributed by atoms with Gasteiger partial charge in [-0.2, -0.15) is 9.61 Å². The van der Waals surface area contributed by atoms with Gasteiger partial charge in [-0.1, -0.05) is 34.1 Å². The summed E-state index contributed by atoms with van der Waals surface area (Å²) >= 11 is 0. The molecule has 3 heterocycles. The van der Waals surface area contributed by atoms with Gasteiger partial charge >= 0.3 is 0 Å². The van der Waals surface area contributed by atoms with Crippen molar-refractivity contribution in [2.45, 2.75) is 64.7 Å². The summed E-state index contributed by atoms with van der Waals surface area (Å²) in [5.74, 6) is 1.21. The van der Waals surface area contributed by atoms with E-state index in [0.29, 0.717) is 11.7 Å². The molecule has 5 nitrogen and oxygen atoms in total. The third-order valence-electron chi connectivity index (χ3n) is 5.08. The fourth-order valence-corrected chi connectivity index (χ4v) is 3.43. The molecule has 24 heavy (non-hydrogen) atoms. The number of aromatic nitrogens is 3. The van der Waals surface area contributed by atoms with Crippen LogP contribution in [0, 0.1) is 0 Å². The summed E-state index contributed by atoms with van der Waals surface area (Å²) in [7, 11) is 0. The third kappa shape index (κ3) is 3.56. The lowest BCUT2D eigenvalue weighted by atomic mass is 9.92. The van der Waals surface area contributed by atoms with E-state index in [-0.39, 0.29) is 5.41 Å². The van der Waals surface area contributed by atoms with Crippen LogP contribution in [-0.4, -0.2) is 39.1 Å². The summed E-state index contributed by atoms with van der Waals surface area (Å²) in [6.45, 7) is 12.3. The fourth-order valence-electron chi connectivity index (χ4n) is 3.43. The van der Waals surface area contributed by atoms with E-state index in [0.717, 1.165) is 17.0 Å². The molecule has 0 spiro atoms. The molecule has 5 heteroatoms. The van der Waals surface area contributed by atoms with E-state index in [2.05, 4.69) is 43.8 Å². The first-order valence-corrected chi connectivity index (χ1v) is 9.27. The SMILES string of the molecule is CCCCN1CCC(c2cc(N)n3nc(C(C)(C)C)cc3n2)CC1. The summed E-state index contributed by atoms with van der Waals surface area (Å²) in [6, 6.07) is 4.11. The van der Waals surface area contributed by atoms with Crippen molar-refractivity contribution >= 4 is 11.5 Å². The molecule has 0 bridgehead atoms. The van der Waals surface area contributed by atoms with Crippen molar-refractivity contribution in [3.8, 4) is 0 Å². The Morgan fingerprint density at radius 1 is 1.21 bits per heavy atom. The summed E-state index contributed by atoms with van der Waals surface area (Å²) < 4.78 is 1.78. The Hall–Kier alpha value is -1.62. The first-order valence-electron chi connectivity index (χ1n) is 9.27. The van der Waals surface area contributed by atoms with Gasteiger partial charge in [0.25, 0.3) is 0 Å². The van der Waals surface area contributed by atoms with E-state index in [4.69, 9.17) is 10.7 Å². The number of rotatable bonds is 4. The number of fused-ring (bicyclic) bond motifs is 1. The number of hydrogen-bond acceptors (Lipinski definition) is 4. The van der Waals surface area contributed by atoms with E-state index in [1.165, 1.54) is 45.3 Å². The minimum Gasteiger partial charge on any atom is -0.384 e. The molecule has 1 aliphatic rings. The van der Waals surface area contributed by atoms with Gasteiger partial charge in [-0.25, -0.2) is 4.98 Å². The summed E-state index contributed by atoms with van der Waals surface area (Å²) in [6.07, 6.45) is 4.92. The van der Waals surface area contributed by atoms with Crippen molar-refractivity contribution in [2.75, 3.05) is 25.4 Å². The van der Waals surface area contributed by atoms with Crippen LogP contribution < -0.4 is 5.73 Å². The van der Waals surface area contributed by atoms with Crippen LogP contribution in [0.2, 0.25) is 0 Å². The van der Waals surface area contributed by atoms with Crippen LogP contribution in [0.4, 0.5) is 5.82 Å². The van der Waals surface area contributed by atoms with Crippen molar-refractivity contribution in [1.29, 1.82) is 0 Å². The molecule has 1 aliphatic heterocycles. The molecule has 1 saturated heterocycles. The second kappa shape index (κ2) is 6.71. The molecule has 0 saturated carbocycles. The zero-order valence-electron chi connectivity index (χ0n) is 15.5. The molecule has 0 unspecified atom stereocenters. The number of likely N-dealkylation sites (tertiary alicyclic amines) is 1. The van der Waals surface area contributed by atoms with Crippen molar-refractivity contribution in [3.63, 3.8) is 0 Å². The number of anilines is 1. The van der Waals surface area contributed by atoms with Crippen LogP contribution in [0.15, 0.2) is 12.1 Å². The molecular formula is C19H31N5. The predicted octanol–water partition coefficient (Wildman–Crippen LogP) is 3.59. The lowest BCUT2D eigenvalue weighted by molar-refractivity contribution is 0.208. The second-order valence-electron chi connectivity index (χ2n) is 8.12. The zero-order valence-corrected chi connectivity index (χ0v) is 15.5. The number of nitrogen functional groups attached to an aromatic ring is 1. The normalized spacial score (nSPS) is 17.7. The highest BCUT2D eigenvalue weighted by Gasteiger charge is 2.24. The maximum atomic E-state index is 6.26. The monoisotopic (exact) mass is 329 g/mol. The molecule has 0 aliphatic carbocycles. The second-order valence-corrected chi connectivity index (χ2v) is 8.12. The van der Waals surface area contributed by atoms with Crippen LogP contribution in [-0.2, 0) is 5.41 Å². The standard InChI is InChI=1S/C19H31N5/c1-5-6-9-23-10-7-14(8-11-23)15-12-17(20)24-18(21-15)13-16(22-24)19(2,3)4/h12-14H,5-11,20H2,1-4H3. The van der Waals surface area contributed by atoms with E-state index in [9.17, 15) is 0 Å². The Labute approximate surface area is 145 Å². The molecule has 0 aromatic carbocycles. The molecule has 2 aromatic rings. The summed E-state index contributed by atoms with van der Waals surface area (Å²) in [4.78, 5) is 7.46. The molecule has 0 atom stereocenters. The van der Waals surface area contributed by atoms with Gasteiger partial charge in [0.2, 0.25) is 0 Å². The molecule has 0 radical (unpaired) electrons. The minimum atomic E-state index is 0.00488. The Morgan fingerprint density at radius 3 is 2.54 bits per heavy atom. The smallest absolute Gasteiger partial charge is 0.157 e. The maximum Gasteiger partial charge on any atom is 0.157 e. The average molecular weight is 329 g/mol. The van der Waals surface area contributed by atoms with Crippen LogP contribution >= 0.6 is 0 Å². The quantitative estimate of drug-likeness (QED) is 0.931. The molecule has 3 rings (SSSR count). The first kappa shape index (κ1) is 17.2. The number of hydrogen-bond donors (Lipinski definition) is 1. The van der Waals surface area contributed by atoms with Crippen molar-refractivity contribution < 1.29 is 0 Å². The molecular weight excluding hydrogens is 298 g/mol. The Kier molecular flexibility index (Phi) is 4.81. The zero-order chi connectivity index (χ0) is 17.3. The highest BCUT2D eigenvalue weighted by atomic mass is 15.3. The van der Waals surface area contributed by atoms with E-state index in [1.807, 2.05) is 6.07 Å². The topological polar surface area (TPSA) is 59.5 Å². The molecule has 132 valence electrons. The molecule has 1 fully saturated rings. The van der Waals surface area contributed by atoms with Crippen LogP contribution in [0.1, 0.15) is 70.7 Å². The Morgan fingerprint density at radius 2 is 1.92 bits per heavy atom. The fraction of sp³-hybridized carbons (Fsp3) is 0.684. The summed E-state index contributed by atoms with van der Waals surface area (Å²) in [5, 5.41) is 4.64. The summed E-state index contributed by atoms with van der Waals surface area (Å²) in [5.41, 5.74) is 9.32. The van der Waals surface area contributed by atoms with Gasteiger partial charge in [0.15, 0.2) is 5.65 Å². The molecule has 0 amide bonds. The van der Waals surface area contributed by atoms with Crippen molar-refractivity contribution in [1.82, 2.24) is 19.5 Å². The highest BCUT2D eigenvalue weighted by molar-refractivity contribution is 5.49. The largest absolute Gasteiger partial charge is 0.384 e. The van der Waals surface area contributed by atoms with E-state index in [1.54, 1.807) is 4.52 Å². The number of piperidine rings is 1. The van der Waals surface area contributed by atoms with Crippen molar-refractivity contribution in [3.05, 3.63) is 23.5 Å². The minimum absolute atomic E-state index is 0.00488. The van der Waals surface area contributed by atoms with Gasteiger partial charge in [0, 0.05) is 29.2 Å². The average Bonchev–Trinajstić information content (AvgIpc) is 2.98.